The molecule has 0 aliphatic heterocycles. The number of nitrogens with two attached hydrogens (primary N) is 1. The Bertz CT molecular complexity index is 598. The summed E-state index contributed by atoms with van der Waals surface area (Å²) in [5.74, 6) is -1.67. The second-order valence-electron chi connectivity index (χ2n) is 4.55. The molecule has 0 aliphatic rings. The molecule has 2 aromatic rings. The zero-order chi connectivity index (χ0) is 15.2. The SMILES string of the molecule is N[C@H](C(=O)N[C@@H](Cc1c[nH]cn1)C(=O)O)c1ccccc1. The smallest absolute Gasteiger partial charge is 0.326 e. The lowest BCUT2D eigenvalue weighted by atomic mass is 10.1. The van der Waals surface area contributed by atoms with Crippen molar-refractivity contribution in [2.45, 2.75) is 18.5 Å². The third-order valence-electron chi connectivity index (χ3n) is 3.02. The summed E-state index contributed by atoms with van der Waals surface area (Å²) in [4.78, 5) is 30.0. The van der Waals surface area contributed by atoms with Crippen molar-refractivity contribution < 1.29 is 14.7 Å². The number of amides is 1. The van der Waals surface area contributed by atoms with Gasteiger partial charge in [0.25, 0.3) is 0 Å². The second kappa shape index (κ2) is 6.67. The normalized spacial score (nSPS) is 13.4. The lowest BCUT2D eigenvalue weighted by molar-refractivity contribution is -0.142. The Balaban J connectivity index is 2.03. The Morgan fingerprint density at radius 1 is 1.33 bits per heavy atom. The van der Waals surface area contributed by atoms with Gasteiger partial charge in [-0.2, -0.15) is 0 Å². The van der Waals surface area contributed by atoms with Gasteiger partial charge in [0.2, 0.25) is 5.91 Å². The molecule has 21 heavy (non-hydrogen) atoms. The first kappa shape index (κ1) is 14.7. The molecule has 0 aliphatic carbocycles. The van der Waals surface area contributed by atoms with E-state index in [-0.39, 0.29) is 6.42 Å². The number of aromatic nitrogens is 2. The molecule has 0 spiro atoms. The van der Waals surface area contributed by atoms with E-state index >= 15 is 0 Å². The van der Waals surface area contributed by atoms with Crippen LogP contribution in [0.3, 0.4) is 0 Å². The van der Waals surface area contributed by atoms with E-state index < -0.39 is 24.0 Å². The van der Waals surface area contributed by atoms with Crippen LogP contribution in [-0.2, 0) is 16.0 Å². The molecule has 0 fully saturated rings. The number of nitrogens with zero attached hydrogens (tertiary/aromatic N) is 1. The first-order chi connectivity index (χ1) is 10.1. The minimum Gasteiger partial charge on any atom is -0.480 e. The van der Waals surface area contributed by atoms with Crippen molar-refractivity contribution in [1.82, 2.24) is 15.3 Å². The van der Waals surface area contributed by atoms with Gasteiger partial charge >= 0.3 is 5.97 Å². The van der Waals surface area contributed by atoms with Crippen molar-refractivity contribution in [3.05, 3.63) is 54.1 Å². The molecule has 1 aromatic carbocycles. The third-order valence-corrected chi connectivity index (χ3v) is 3.02. The van der Waals surface area contributed by atoms with Crippen LogP contribution < -0.4 is 11.1 Å². The number of H-pyrrole nitrogens is 1. The van der Waals surface area contributed by atoms with Gasteiger partial charge in [0.05, 0.1) is 12.0 Å². The van der Waals surface area contributed by atoms with Crippen molar-refractivity contribution in [2.75, 3.05) is 0 Å². The van der Waals surface area contributed by atoms with Gasteiger partial charge in [-0.15, -0.1) is 0 Å². The lowest BCUT2D eigenvalue weighted by Gasteiger charge is -2.17. The van der Waals surface area contributed by atoms with Gasteiger partial charge in [-0.05, 0) is 5.56 Å². The number of hydrogen-bond acceptors (Lipinski definition) is 4. The van der Waals surface area contributed by atoms with Crippen LogP contribution in [0.5, 0.6) is 0 Å². The number of rotatable bonds is 6. The zero-order valence-electron chi connectivity index (χ0n) is 11.2. The molecule has 7 nitrogen and oxygen atoms in total. The summed E-state index contributed by atoms with van der Waals surface area (Å²) in [6.45, 7) is 0. The van der Waals surface area contributed by atoms with E-state index in [4.69, 9.17) is 5.73 Å². The Kier molecular flexibility index (Phi) is 4.68. The number of hydrogen-bond donors (Lipinski definition) is 4. The maximum atomic E-state index is 12.1. The number of carboxylic acid groups (broad SMARTS) is 1. The molecule has 0 radical (unpaired) electrons. The molecule has 2 rings (SSSR count). The van der Waals surface area contributed by atoms with Crippen LogP contribution in [0.4, 0.5) is 0 Å². The number of carbonyl (C=O) groups excluding carboxylic acids is 1. The van der Waals surface area contributed by atoms with Crippen molar-refractivity contribution in [1.29, 1.82) is 0 Å². The molecule has 7 heteroatoms. The van der Waals surface area contributed by atoms with Crippen LogP contribution in [0, 0.1) is 0 Å². The van der Waals surface area contributed by atoms with Gasteiger partial charge in [-0.25, -0.2) is 9.78 Å². The molecule has 0 bridgehead atoms. The summed E-state index contributed by atoms with van der Waals surface area (Å²) >= 11 is 0. The van der Waals surface area contributed by atoms with E-state index in [0.717, 1.165) is 0 Å². The predicted octanol–water partition coefficient (Wildman–Crippen LogP) is 0.222. The summed E-state index contributed by atoms with van der Waals surface area (Å²) in [6, 6.07) is 6.79. The van der Waals surface area contributed by atoms with Gasteiger partial charge in [-0.3, -0.25) is 4.79 Å². The summed E-state index contributed by atoms with van der Waals surface area (Å²) < 4.78 is 0. The Morgan fingerprint density at radius 3 is 2.62 bits per heavy atom. The van der Waals surface area contributed by atoms with Crippen molar-refractivity contribution in [2.24, 2.45) is 5.73 Å². The molecule has 1 aromatic heterocycles. The van der Waals surface area contributed by atoms with Crippen LogP contribution >= 0.6 is 0 Å². The molecule has 0 saturated carbocycles. The minimum atomic E-state index is -1.13. The van der Waals surface area contributed by atoms with E-state index in [1.165, 1.54) is 6.33 Å². The topological polar surface area (TPSA) is 121 Å². The number of carboxylic acids is 1. The van der Waals surface area contributed by atoms with Crippen LogP contribution in [0.25, 0.3) is 0 Å². The predicted molar refractivity (Wildman–Crippen MR) is 75.2 cm³/mol. The maximum absolute atomic E-state index is 12.1. The van der Waals surface area contributed by atoms with E-state index in [1.807, 2.05) is 6.07 Å². The zero-order valence-corrected chi connectivity index (χ0v) is 11.2. The molecule has 2 atom stereocenters. The molecule has 0 saturated heterocycles. The summed E-state index contributed by atoms with van der Waals surface area (Å²) in [5, 5.41) is 11.6. The van der Waals surface area contributed by atoms with Crippen LogP contribution in [-0.4, -0.2) is 33.0 Å². The Labute approximate surface area is 121 Å². The third kappa shape index (κ3) is 3.90. The molecular formula is C14H16N4O3. The minimum absolute atomic E-state index is 0.0894. The highest BCUT2D eigenvalue weighted by molar-refractivity contribution is 5.87. The summed E-state index contributed by atoms with van der Waals surface area (Å²) in [5.41, 5.74) is 7.01. The van der Waals surface area contributed by atoms with Gasteiger partial charge in [0.15, 0.2) is 0 Å². The van der Waals surface area contributed by atoms with Crippen LogP contribution in [0.15, 0.2) is 42.9 Å². The number of nitrogens with one attached hydrogen (secondary N) is 2. The fourth-order valence-corrected chi connectivity index (χ4v) is 1.89. The van der Waals surface area contributed by atoms with Crippen molar-refractivity contribution in [3.8, 4) is 0 Å². The second-order valence-corrected chi connectivity index (χ2v) is 4.55. The summed E-state index contributed by atoms with van der Waals surface area (Å²) in [7, 11) is 0. The van der Waals surface area contributed by atoms with Gasteiger partial charge < -0.3 is 21.1 Å². The van der Waals surface area contributed by atoms with E-state index in [0.29, 0.717) is 11.3 Å². The fraction of sp³-hybridized carbons (Fsp3) is 0.214. The van der Waals surface area contributed by atoms with Gasteiger partial charge in [0.1, 0.15) is 12.1 Å². The van der Waals surface area contributed by atoms with Crippen LogP contribution in [0.2, 0.25) is 0 Å². The molecule has 110 valence electrons. The Morgan fingerprint density at radius 2 is 2.05 bits per heavy atom. The number of imidazole rings is 1. The Hall–Kier alpha value is -2.67. The average Bonchev–Trinajstić information content (AvgIpc) is 2.99. The maximum Gasteiger partial charge on any atom is 0.326 e. The van der Waals surface area contributed by atoms with E-state index in [1.54, 1.807) is 30.5 Å². The monoisotopic (exact) mass is 288 g/mol. The average molecular weight is 288 g/mol. The van der Waals surface area contributed by atoms with Crippen molar-refractivity contribution >= 4 is 11.9 Å². The van der Waals surface area contributed by atoms with Gasteiger partial charge in [0, 0.05) is 12.6 Å². The largest absolute Gasteiger partial charge is 0.480 e. The quantitative estimate of drug-likeness (QED) is 0.606. The van der Waals surface area contributed by atoms with Crippen LogP contribution in [0.1, 0.15) is 17.3 Å². The first-order valence-electron chi connectivity index (χ1n) is 6.39. The molecule has 1 amide bonds. The highest BCUT2D eigenvalue weighted by Gasteiger charge is 2.24. The van der Waals surface area contributed by atoms with Crippen molar-refractivity contribution in [3.63, 3.8) is 0 Å². The van der Waals surface area contributed by atoms with E-state index in [9.17, 15) is 14.7 Å². The van der Waals surface area contributed by atoms with Gasteiger partial charge in [-0.1, -0.05) is 30.3 Å². The standard InChI is InChI=1S/C14H16N4O3/c15-12(9-4-2-1-3-5-9)13(19)18-11(14(20)21)6-10-7-16-8-17-10/h1-5,7-8,11-12H,6,15H2,(H,16,17)(H,18,19)(H,20,21)/t11-,12-/m0/s1. The molecular weight excluding hydrogens is 272 g/mol. The number of carbonyl (C=O) groups is 2. The highest BCUT2D eigenvalue weighted by atomic mass is 16.4. The van der Waals surface area contributed by atoms with E-state index in [2.05, 4.69) is 15.3 Å². The highest BCUT2D eigenvalue weighted by Crippen LogP contribution is 2.10. The molecule has 0 unspecified atom stereocenters. The molecule has 5 N–H and O–H groups in total. The summed E-state index contributed by atoms with van der Waals surface area (Å²) in [6.07, 6.45) is 3.12. The number of benzene rings is 1. The number of aromatic amines is 1. The number of aliphatic carboxylic acids is 1. The fourth-order valence-electron chi connectivity index (χ4n) is 1.89. The first-order valence-corrected chi connectivity index (χ1v) is 6.39. The molecule has 1 heterocycles. The lowest BCUT2D eigenvalue weighted by Crippen LogP contribution is -2.46.